The summed E-state index contributed by atoms with van der Waals surface area (Å²) in [7, 11) is 1.65. The molecule has 18 heavy (non-hydrogen) atoms. The number of halogens is 1. The first-order valence-electron chi connectivity index (χ1n) is 5.47. The molecule has 0 aliphatic carbocycles. The van der Waals surface area contributed by atoms with Gasteiger partial charge >= 0.3 is 5.97 Å². The molecule has 1 rings (SSSR count). The van der Waals surface area contributed by atoms with Gasteiger partial charge in [0.2, 0.25) is 0 Å². The van der Waals surface area contributed by atoms with Crippen LogP contribution in [0.2, 0.25) is 0 Å². The van der Waals surface area contributed by atoms with Crippen LogP contribution in [-0.4, -0.2) is 37.9 Å². The van der Waals surface area contributed by atoms with Crippen molar-refractivity contribution in [3.05, 3.63) is 40.9 Å². The van der Waals surface area contributed by atoms with E-state index in [1.807, 2.05) is 0 Å². The summed E-state index contributed by atoms with van der Waals surface area (Å²) in [4.78, 5) is 12.9. The number of benzene rings is 1. The van der Waals surface area contributed by atoms with E-state index in [0.29, 0.717) is 19.7 Å². The van der Waals surface area contributed by atoms with Crippen LogP contribution in [0.15, 0.2) is 35.3 Å². The molecule has 0 saturated carbocycles. The Morgan fingerprint density at radius 3 is 2.83 bits per heavy atom. The van der Waals surface area contributed by atoms with Crippen molar-refractivity contribution in [1.29, 1.82) is 0 Å². The number of hydrogen-bond donors (Lipinski definition) is 1. The highest BCUT2D eigenvalue weighted by Crippen LogP contribution is 2.27. The molecule has 0 amide bonds. The van der Waals surface area contributed by atoms with E-state index in [0.717, 1.165) is 10.2 Å². The van der Waals surface area contributed by atoms with E-state index >= 15 is 0 Å². The first-order chi connectivity index (χ1) is 8.60. The number of nitrogens with zero attached hydrogens (tertiary/aromatic N) is 1. The minimum atomic E-state index is -0.936. The molecule has 1 aromatic rings. The quantitative estimate of drug-likeness (QED) is 0.786. The molecule has 5 heteroatoms. The predicted octanol–water partition coefficient (Wildman–Crippen LogP) is 2.79. The van der Waals surface area contributed by atoms with Gasteiger partial charge < -0.3 is 14.7 Å². The topological polar surface area (TPSA) is 49.8 Å². The third-order valence-electron chi connectivity index (χ3n) is 2.45. The van der Waals surface area contributed by atoms with Crippen LogP contribution >= 0.6 is 15.9 Å². The number of aromatic carboxylic acids is 1. The van der Waals surface area contributed by atoms with Crippen LogP contribution in [0.25, 0.3) is 0 Å². The van der Waals surface area contributed by atoms with E-state index in [4.69, 9.17) is 9.84 Å². The van der Waals surface area contributed by atoms with Crippen LogP contribution in [-0.2, 0) is 4.74 Å². The lowest BCUT2D eigenvalue weighted by Gasteiger charge is -2.24. The van der Waals surface area contributed by atoms with Crippen molar-refractivity contribution >= 4 is 27.6 Å². The first kappa shape index (κ1) is 14.7. The Balaban J connectivity index is 2.97. The minimum Gasteiger partial charge on any atom is -0.478 e. The lowest BCUT2D eigenvalue weighted by atomic mass is 10.2. The second-order valence-electron chi connectivity index (χ2n) is 3.70. The summed E-state index contributed by atoms with van der Waals surface area (Å²) in [5, 5.41) is 8.91. The Kier molecular flexibility index (Phi) is 5.88. The van der Waals surface area contributed by atoms with Crippen molar-refractivity contribution in [2.24, 2.45) is 0 Å². The lowest BCUT2D eigenvalue weighted by molar-refractivity contribution is 0.0697. The Morgan fingerprint density at radius 1 is 1.61 bits per heavy atom. The zero-order valence-electron chi connectivity index (χ0n) is 10.2. The number of rotatable bonds is 7. The van der Waals surface area contributed by atoms with E-state index in [9.17, 15) is 4.79 Å². The molecule has 0 saturated heterocycles. The van der Waals surface area contributed by atoms with Crippen LogP contribution in [0.1, 0.15) is 10.4 Å². The monoisotopic (exact) mass is 313 g/mol. The maximum atomic E-state index is 10.9. The second kappa shape index (κ2) is 7.18. The van der Waals surface area contributed by atoms with E-state index < -0.39 is 5.97 Å². The van der Waals surface area contributed by atoms with Crippen LogP contribution < -0.4 is 4.90 Å². The Morgan fingerprint density at radius 2 is 2.33 bits per heavy atom. The van der Waals surface area contributed by atoms with Crippen molar-refractivity contribution in [2.45, 2.75) is 0 Å². The number of carboxylic acid groups (broad SMARTS) is 1. The number of hydrogen-bond acceptors (Lipinski definition) is 3. The van der Waals surface area contributed by atoms with Crippen molar-refractivity contribution < 1.29 is 14.6 Å². The zero-order chi connectivity index (χ0) is 13.5. The maximum Gasteiger partial charge on any atom is 0.335 e. The van der Waals surface area contributed by atoms with Gasteiger partial charge in [-0.15, -0.1) is 6.58 Å². The molecular formula is C13H16BrNO3. The average molecular weight is 314 g/mol. The zero-order valence-corrected chi connectivity index (χ0v) is 11.8. The van der Waals surface area contributed by atoms with Crippen LogP contribution in [0.5, 0.6) is 0 Å². The molecule has 0 aliphatic rings. The SMILES string of the molecule is C=CCN(CCOC)c1ccc(C(=O)O)cc1Br. The van der Waals surface area contributed by atoms with E-state index in [1.165, 1.54) is 0 Å². The van der Waals surface area contributed by atoms with Crippen LogP contribution in [0.4, 0.5) is 5.69 Å². The van der Waals surface area contributed by atoms with E-state index in [2.05, 4.69) is 27.4 Å². The second-order valence-corrected chi connectivity index (χ2v) is 4.55. The van der Waals surface area contributed by atoms with Gasteiger partial charge in [0.1, 0.15) is 0 Å². The summed E-state index contributed by atoms with van der Waals surface area (Å²) in [6, 6.07) is 4.97. The van der Waals surface area contributed by atoms with Crippen molar-refractivity contribution in [3.8, 4) is 0 Å². The smallest absolute Gasteiger partial charge is 0.335 e. The molecule has 1 N–H and O–H groups in total. The van der Waals surface area contributed by atoms with Gasteiger partial charge in [0.15, 0.2) is 0 Å². The van der Waals surface area contributed by atoms with Gasteiger partial charge in [-0.2, -0.15) is 0 Å². The van der Waals surface area contributed by atoms with Gasteiger partial charge in [-0.1, -0.05) is 6.08 Å². The van der Waals surface area contributed by atoms with Gasteiger partial charge in [0.05, 0.1) is 17.9 Å². The highest BCUT2D eigenvalue weighted by atomic mass is 79.9. The summed E-state index contributed by atoms with van der Waals surface area (Å²) >= 11 is 3.40. The predicted molar refractivity (Wildman–Crippen MR) is 75.4 cm³/mol. The molecule has 0 bridgehead atoms. The number of ether oxygens (including phenoxy) is 1. The van der Waals surface area contributed by atoms with E-state index in [1.54, 1.807) is 31.4 Å². The van der Waals surface area contributed by atoms with Gasteiger partial charge in [0, 0.05) is 24.7 Å². The van der Waals surface area contributed by atoms with Crippen molar-refractivity contribution in [2.75, 3.05) is 31.7 Å². The van der Waals surface area contributed by atoms with Gasteiger partial charge in [-0.05, 0) is 34.1 Å². The average Bonchev–Trinajstić information content (AvgIpc) is 2.34. The molecule has 0 radical (unpaired) electrons. The lowest BCUT2D eigenvalue weighted by Crippen LogP contribution is -2.27. The molecule has 1 aromatic carbocycles. The number of anilines is 1. The van der Waals surface area contributed by atoms with Gasteiger partial charge in [-0.25, -0.2) is 4.79 Å². The third-order valence-corrected chi connectivity index (χ3v) is 3.09. The fraction of sp³-hybridized carbons (Fsp3) is 0.308. The van der Waals surface area contributed by atoms with Crippen LogP contribution in [0, 0.1) is 0 Å². The van der Waals surface area contributed by atoms with Crippen molar-refractivity contribution in [1.82, 2.24) is 0 Å². The molecule has 0 atom stereocenters. The summed E-state index contributed by atoms with van der Waals surface area (Å²) in [5.41, 5.74) is 1.19. The molecule has 98 valence electrons. The summed E-state index contributed by atoms with van der Waals surface area (Å²) in [5.74, 6) is -0.936. The Labute approximate surface area is 115 Å². The molecule has 0 aromatic heterocycles. The first-order valence-corrected chi connectivity index (χ1v) is 6.27. The highest BCUT2D eigenvalue weighted by Gasteiger charge is 2.11. The van der Waals surface area contributed by atoms with Gasteiger partial charge in [0.25, 0.3) is 0 Å². The largest absolute Gasteiger partial charge is 0.478 e. The third kappa shape index (κ3) is 3.85. The van der Waals surface area contributed by atoms with Gasteiger partial charge in [-0.3, -0.25) is 0 Å². The molecular weight excluding hydrogens is 298 g/mol. The highest BCUT2D eigenvalue weighted by molar-refractivity contribution is 9.10. The van der Waals surface area contributed by atoms with E-state index in [-0.39, 0.29) is 5.56 Å². The maximum absolute atomic E-state index is 10.9. The van der Waals surface area contributed by atoms with Crippen LogP contribution in [0.3, 0.4) is 0 Å². The molecule has 0 fully saturated rings. The minimum absolute atomic E-state index is 0.260. The Hall–Kier alpha value is -1.33. The number of carboxylic acids is 1. The van der Waals surface area contributed by atoms with Crippen molar-refractivity contribution in [3.63, 3.8) is 0 Å². The Bertz CT molecular complexity index is 434. The summed E-state index contributed by atoms with van der Waals surface area (Å²) in [6.07, 6.45) is 1.80. The number of methoxy groups -OCH3 is 1. The number of carbonyl (C=O) groups is 1. The fourth-order valence-corrected chi connectivity index (χ4v) is 2.19. The molecule has 0 aliphatic heterocycles. The molecule has 0 unspecified atom stereocenters. The summed E-state index contributed by atoms with van der Waals surface area (Å²) in [6.45, 7) is 5.71. The molecule has 0 spiro atoms. The fourth-order valence-electron chi connectivity index (χ4n) is 1.56. The molecule has 4 nitrogen and oxygen atoms in total. The normalized spacial score (nSPS) is 10.1. The summed E-state index contributed by atoms with van der Waals surface area (Å²) < 4.78 is 5.81. The molecule has 0 heterocycles. The standard InChI is InChI=1S/C13H16BrNO3/c1-3-6-15(7-8-18-2)12-5-4-10(13(16)17)9-11(12)14/h3-5,9H,1,6-8H2,2H3,(H,16,17).